The third kappa shape index (κ3) is 2.77. The summed E-state index contributed by atoms with van der Waals surface area (Å²) < 4.78 is 1.75. The lowest BCUT2D eigenvalue weighted by Crippen LogP contribution is -2.16. The molecule has 0 unspecified atom stereocenters. The Kier molecular flexibility index (Phi) is 3.87. The fourth-order valence-electron chi connectivity index (χ4n) is 0.848. The van der Waals surface area contributed by atoms with Gasteiger partial charge in [-0.3, -0.25) is 9.98 Å². The molecule has 0 spiro atoms. The number of hydrogen-bond donors (Lipinski definition) is 1. The van der Waals surface area contributed by atoms with Crippen LogP contribution in [0.5, 0.6) is 0 Å². The third-order valence-corrected chi connectivity index (χ3v) is 2.42. The Morgan fingerprint density at radius 3 is 2.85 bits per heavy atom. The summed E-state index contributed by atoms with van der Waals surface area (Å²) in [7, 11) is 0. The second-order valence-electron chi connectivity index (χ2n) is 2.34. The first-order valence-electron chi connectivity index (χ1n) is 3.76. The summed E-state index contributed by atoms with van der Waals surface area (Å²) in [6.07, 6.45) is 1.69. The quantitative estimate of drug-likeness (QED) is 0.673. The molecule has 1 rings (SSSR count). The van der Waals surface area contributed by atoms with E-state index in [9.17, 15) is 0 Å². The Bertz CT molecular complexity index is 336. The second-order valence-corrected chi connectivity index (χ2v) is 4.11. The van der Waals surface area contributed by atoms with Crippen LogP contribution < -0.4 is 5.73 Å². The van der Waals surface area contributed by atoms with Gasteiger partial charge in [0.05, 0.1) is 0 Å². The normalized spacial score (nSPS) is 11.8. The molecule has 70 valence electrons. The largest absolute Gasteiger partial charge is 0.382 e. The van der Waals surface area contributed by atoms with E-state index in [4.69, 9.17) is 5.73 Å². The van der Waals surface area contributed by atoms with Crippen LogP contribution in [0.15, 0.2) is 26.2 Å². The number of hydrogen-bond acceptors (Lipinski definition) is 2. The van der Waals surface area contributed by atoms with Crippen molar-refractivity contribution in [3.63, 3.8) is 0 Å². The predicted octanol–water partition coefficient (Wildman–Crippen LogP) is 2.33. The molecule has 0 aliphatic rings. The van der Waals surface area contributed by atoms with Gasteiger partial charge in [0.15, 0.2) is 0 Å². The molecule has 0 saturated carbocycles. The summed E-state index contributed by atoms with van der Waals surface area (Å²) in [5, 5.41) is 0. The molecule has 2 N–H and O–H groups in total. The fourth-order valence-corrected chi connectivity index (χ4v) is 2.04. The van der Waals surface area contributed by atoms with Crippen LogP contribution in [-0.4, -0.2) is 17.4 Å². The van der Waals surface area contributed by atoms with E-state index >= 15 is 0 Å². The van der Waals surface area contributed by atoms with Crippen molar-refractivity contribution in [2.75, 3.05) is 6.54 Å². The molecule has 0 saturated heterocycles. The van der Waals surface area contributed by atoms with E-state index in [-0.39, 0.29) is 0 Å². The van der Waals surface area contributed by atoms with Gasteiger partial charge in [-0.1, -0.05) is 0 Å². The van der Waals surface area contributed by atoms with E-state index in [1.165, 1.54) is 0 Å². The Hall–Kier alpha value is -0.420. The standard InChI is InChI=1S/C8H9Br2N3/c1-2-12-8(11)7-6(10)3-5(9)4-13-7/h3-4H,2H2,1H3,(H2,11,12). The van der Waals surface area contributed by atoms with Crippen molar-refractivity contribution in [2.24, 2.45) is 10.7 Å². The molecule has 0 bridgehead atoms. The molecular formula is C8H9Br2N3. The topological polar surface area (TPSA) is 51.3 Å². The first-order valence-corrected chi connectivity index (χ1v) is 5.35. The summed E-state index contributed by atoms with van der Waals surface area (Å²) in [6.45, 7) is 2.59. The van der Waals surface area contributed by atoms with Gasteiger partial charge in [0, 0.05) is 21.7 Å². The van der Waals surface area contributed by atoms with E-state index < -0.39 is 0 Å². The van der Waals surface area contributed by atoms with E-state index in [1.807, 2.05) is 13.0 Å². The van der Waals surface area contributed by atoms with Crippen molar-refractivity contribution in [3.05, 3.63) is 26.9 Å². The highest BCUT2D eigenvalue weighted by molar-refractivity contribution is 9.11. The third-order valence-electron chi connectivity index (χ3n) is 1.38. The van der Waals surface area contributed by atoms with Crippen molar-refractivity contribution in [1.29, 1.82) is 0 Å². The van der Waals surface area contributed by atoms with Gasteiger partial charge < -0.3 is 5.73 Å². The molecule has 0 aliphatic heterocycles. The van der Waals surface area contributed by atoms with Crippen LogP contribution in [-0.2, 0) is 0 Å². The van der Waals surface area contributed by atoms with E-state index in [0.717, 1.165) is 8.95 Å². The minimum absolute atomic E-state index is 0.460. The molecule has 5 heteroatoms. The zero-order chi connectivity index (χ0) is 9.84. The minimum Gasteiger partial charge on any atom is -0.382 e. The number of halogens is 2. The highest BCUT2D eigenvalue weighted by Crippen LogP contribution is 2.19. The lowest BCUT2D eigenvalue weighted by Gasteiger charge is -2.02. The molecule has 0 atom stereocenters. The van der Waals surface area contributed by atoms with Crippen LogP contribution in [0.2, 0.25) is 0 Å². The summed E-state index contributed by atoms with van der Waals surface area (Å²) in [6, 6.07) is 1.89. The highest BCUT2D eigenvalue weighted by atomic mass is 79.9. The van der Waals surface area contributed by atoms with E-state index in [0.29, 0.717) is 18.1 Å². The molecule has 3 nitrogen and oxygen atoms in total. The molecule has 0 amide bonds. The average molecular weight is 307 g/mol. The number of nitrogens with zero attached hydrogens (tertiary/aromatic N) is 2. The van der Waals surface area contributed by atoms with Crippen LogP contribution in [0.1, 0.15) is 12.6 Å². The summed E-state index contributed by atoms with van der Waals surface area (Å²) in [4.78, 5) is 8.22. The van der Waals surface area contributed by atoms with Gasteiger partial charge in [-0.15, -0.1) is 0 Å². The maximum absolute atomic E-state index is 5.70. The number of pyridine rings is 1. The van der Waals surface area contributed by atoms with Gasteiger partial charge >= 0.3 is 0 Å². The van der Waals surface area contributed by atoms with Crippen LogP contribution in [0.3, 0.4) is 0 Å². The fraction of sp³-hybridized carbons (Fsp3) is 0.250. The predicted molar refractivity (Wildman–Crippen MR) is 60.9 cm³/mol. The second kappa shape index (κ2) is 4.72. The number of aromatic nitrogens is 1. The summed E-state index contributed by atoms with van der Waals surface area (Å²) in [5.74, 6) is 0.460. The van der Waals surface area contributed by atoms with Gasteiger partial charge in [-0.2, -0.15) is 0 Å². The summed E-state index contributed by atoms with van der Waals surface area (Å²) >= 11 is 6.68. The number of amidine groups is 1. The monoisotopic (exact) mass is 305 g/mol. The maximum atomic E-state index is 5.70. The van der Waals surface area contributed by atoms with Crippen molar-refractivity contribution in [3.8, 4) is 0 Å². The van der Waals surface area contributed by atoms with E-state index in [1.54, 1.807) is 6.20 Å². The Morgan fingerprint density at radius 2 is 2.31 bits per heavy atom. The maximum Gasteiger partial charge on any atom is 0.145 e. The lowest BCUT2D eigenvalue weighted by molar-refractivity contribution is 1.11. The first kappa shape index (κ1) is 10.7. The van der Waals surface area contributed by atoms with Gasteiger partial charge in [-0.05, 0) is 44.8 Å². The van der Waals surface area contributed by atoms with Crippen LogP contribution >= 0.6 is 31.9 Å². The number of nitrogens with two attached hydrogens (primary N) is 1. The minimum atomic E-state index is 0.460. The summed E-state index contributed by atoms with van der Waals surface area (Å²) in [5.41, 5.74) is 6.38. The zero-order valence-corrected chi connectivity index (χ0v) is 10.3. The molecule has 0 aliphatic carbocycles. The molecule has 1 heterocycles. The molecular weight excluding hydrogens is 298 g/mol. The van der Waals surface area contributed by atoms with Gasteiger partial charge in [-0.25, -0.2) is 0 Å². The van der Waals surface area contributed by atoms with E-state index in [2.05, 4.69) is 41.8 Å². The van der Waals surface area contributed by atoms with Crippen LogP contribution in [0, 0.1) is 0 Å². The number of aliphatic imine (C=N–C) groups is 1. The molecule has 0 aromatic carbocycles. The average Bonchev–Trinajstić information content (AvgIpc) is 2.04. The number of rotatable bonds is 2. The molecule has 0 fully saturated rings. The molecule has 13 heavy (non-hydrogen) atoms. The van der Waals surface area contributed by atoms with Crippen LogP contribution in [0.4, 0.5) is 0 Å². The van der Waals surface area contributed by atoms with Gasteiger partial charge in [0.25, 0.3) is 0 Å². The molecule has 1 aromatic rings. The van der Waals surface area contributed by atoms with Gasteiger partial charge in [0.1, 0.15) is 11.5 Å². The Balaban J connectivity index is 3.09. The SMILES string of the molecule is CCN=C(N)c1ncc(Br)cc1Br. The molecule has 1 aromatic heterocycles. The zero-order valence-electron chi connectivity index (χ0n) is 7.09. The van der Waals surface area contributed by atoms with Gasteiger partial charge in [0.2, 0.25) is 0 Å². The Morgan fingerprint density at radius 1 is 1.62 bits per heavy atom. The smallest absolute Gasteiger partial charge is 0.145 e. The van der Waals surface area contributed by atoms with Crippen molar-refractivity contribution in [1.82, 2.24) is 4.98 Å². The highest BCUT2D eigenvalue weighted by Gasteiger charge is 2.05. The van der Waals surface area contributed by atoms with Crippen molar-refractivity contribution < 1.29 is 0 Å². The first-order chi connectivity index (χ1) is 6.15. The van der Waals surface area contributed by atoms with Crippen LogP contribution in [0.25, 0.3) is 0 Å². The Labute approximate surface area is 93.7 Å². The molecule has 0 radical (unpaired) electrons. The van der Waals surface area contributed by atoms with Crippen molar-refractivity contribution >= 4 is 37.7 Å². The lowest BCUT2D eigenvalue weighted by atomic mass is 10.3. The van der Waals surface area contributed by atoms with Crippen molar-refractivity contribution in [2.45, 2.75) is 6.92 Å².